The van der Waals surface area contributed by atoms with E-state index in [0.29, 0.717) is 44.8 Å². The van der Waals surface area contributed by atoms with Crippen LogP contribution in [0, 0.1) is 11.3 Å². The van der Waals surface area contributed by atoms with Gasteiger partial charge in [0.25, 0.3) is 0 Å². The molecule has 4 nitrogen and oxygen atoms in total. The Kier molecular flexibility index (Phi) is 5.31. The molecule has 2 atom stereocenters. The van der Waals surface area contributed by atoms with Crippen LogP contribution in [-0.4, -0.2) is 5.78 Å². The summed E-state index contributed by atoms with van der Waals surface area (Å²) < 4.78 is 5.75. The summed E-state index contributed by atoms with van der Waals surface area (Å²) in [5, 5.41) is 11.0. The summed E-state index contributed by atoms with van der Waals surface area (Å²) in [6, 6.07) is 14.6. The van der Waals surface area contributed by atoms with Crippen molar-refractivity contribution in [1.82, 2.24) is 0 Å². The molecule has 4 rings (SSSR count). The van der Waals surface area contributed by atoms with Gasteiger partial charge >= 0.3 is 0 Å². The third-order valence-electron chi connectivity index (χ3n) is 5.28. The SMILES string of the molecule is N#CC1=C(N)OC2=C(C(=O)C[C@H](c3ccc(Cl)cc3)C2)[C@H]1c1ccc(Cl)c(Cl)c1. The number of halogens is 3. The first-order valence-corrected chi connectivity index (χ1v) is 10.1. The summed E-state index contributed by atoms with van der Waals surface area (Å²) in [6.07, 6.45) is 0.806. The van der Waals surface area contributed by atoms with Gasteiger partial charge in [-0.25, -0.2) is 0 Å². The van der Waals surface area contributed by atoms with E-state index >= 15 is 0 Å². The second kappa shape index (κ2) is 7.76. The zero-order valence-corrected chi connectivity index (χ0v) is 17.4. The minimum Gasteiger partial charge on any atom is -0.444 e. The summed E-state index contributed by atoms with van der Waals surface area (Å²) in [4.78, 5) is 13.2. The zero-order chi connectivity index (χ0) is 20.7. The number of ether oxygens (including phenoxy) is 1. The maximum Gasteiger partial charge on any atom is 0.205 e. The Morgan fingerprint density at radius 1 is 1.00 bits per heavy atom. The summed E-state index contributed by atoms with van der Waals surface area (Å²) in [5.74, 6) is -0.259. The van der Waals surface area contributed by atoms with E-state index in [4.69, 9.17) is 45.3 Å². The lowest BCUT2D eigenvalue weighted by Crippen LogP contribution is -2.29. The number of nitrogens with two attached hydrogens (primary N) is 1. The van der Waals surface area contributed by atoms with Crippen LogP contribution in [0.25, 0.3) is 0 Å². The molecule has 2 aromatic carbocycles. The molecule has 0 saturated carbocycles. The molecule has 0 unspecified atom stereocenters. The van der Waals surface area contributed by atoms with E-state index in [-0.39, 0.29) is 23.2 Å². The fraction of sp³-hybridized carbons (Fsp3) is 0.182. The lowest BCUT2D eigenvalue weighted by molar-refractivity contribution is -0.117. The van der Waals surface area contributed by atoms with Crippen LogP contribution in [0.5, 0.6) is 0 Å². The number of rotatable bonds is 2. The van der Waals surface area contributed by atoms with E-state index in [0.717, 1.165) is 5.56 Å². The molecule has 2 N–H and O–H groups in total. The van der Waals surface area contributed by atoms with Crippen molar-refractivity contribution < 1.29 is 9.53 Å². The number of carbonyl (C=O) groups excluding carboxylic acids is 1. The van der Waals surface area contributed by atoms with Crippen molar-refractivity contribution in [2.45, 2.75) is 24.7 Å². The minimum atomic E-state index is -0.628. The lowest BCUT2D eigenvalue weighted by Gasteiger charge is -2.34. The Bertz CT molecular complexity index is 1110. The number of benzene rings is 2. The van der Waals surface area contributed by atoms with E-state index in [1.54, 1.807) is 30.3 Å². The van der Waals surface area contributed by atoms with E-state index in [9.17, 15) is 10.1 Å². The molecule has 2 aromatic rings. The summed E-state index contributed by atoms with van der Waals surface area (Å²) in [5.41, 5.74) is 8.38. The molecule has 1 aliphatic heterocycles. The first kappa shape index (κ1) is 19.8. The molecule has 29 heavy (non-hydrogen) atoms. The fourth-order valence-corrected chi connectivity index (χ4v) is 4.34. The van der Waals surface area contributed by atoms with E-state index in [1.165, 1.54) is 0 Å². The van der Waals surface area contributed by atoms with Gasteiger partial charge in [-0.2, -0.15) is 5.26 Å². The molecule has 2 aliphatic rings. The minimum absolute atomic E-state index is 0.00637. The Morgan fingerprint density at radius 3 is 2.34 bits per heavy atom. The fourth-order valence-electron chi connectivity index (χ4n) is 3.90. The summed E-state index contributed by atoms with van der Waals surface area (Å²) in [6.45, 7) is 0. The molecule has 0 amide bonds. The van der Waals surface area contributed by atoms with Gasteiger partial charge in [0.1, 0.15) is 17.4 Å². The molecule has 1 aliphatic carbocycles. The van der Waals surface area contributed by atoms with Gasteiger partial charge in [0.05, 0.1) is 16.0 Å². The van der Waals surface area contributed by atoms with Crippen LogP contribution in [0.1, 0.15) is 35.8 Å². The molecule has 0 fully saturated rings. The van der Waals surface area contributed by atoms with Crippen molar-refractivity contribution in [2.75, 3.05) is 0 Å². The Morgan fingerprint density at radius 2 is 1.69 bits per heavy atom. The topological polar surface area (TPSA) is 76.1 Å². The average Bonchev–Trinajstić information content (AvgIpc) is 2.69. The van der Waals surface area contributed by atoms with Crippen molar-refractivity contribution in [1.29, 1.82) is 5.26 Å². The van der Waals surface area contributed by atoms with Crippen LogP contribution < -0.4 is 5.73 Å². The van der Waals surface area contributed by atoms with Gasteiger partial charge < -0.3 is 10.5 Å². The molecular formula is C22H15Cl3N2O2. The van der Waals surface area contributed by atoms with E-state index < -0.39 is 5.92 Å². The number of hydrogen-bond donors (Lipinski definition) is 1. The van der Waals surface area contributed by atoms with Gasteiger partial charge in [-0.15, -0.1) is 0 Å². The van der Waals surface area contributed by atoms with E-state index in [1.807, 2.05) is 12.1 Å². The van der Waals surface area contributed by atoms with Crippen molar-refractivity contribution in [2.24, 2.45) is 5.73 Å². The molecule has 146 valence electrons. The third-order valence-corrected chi connectivity index (χ3v) is 6.27. The first-order valence-electron chi connectivity index (χ1n) is 8.93. The summed E-state index contributed by atoms with van der Waals surface area (Å²) in [7, 11) is 0. The highest BCUT2D eigenvalue weighted by Gasteiger charge is 2.41. The van der Waals surface area contributed by atoms with E-state index in [2.05, 4.69) is 6.07 Å². The van der Waals surface area contributed by atoms with Gasteiger partial charge in [-0.3, -0.25) is 4.79 Å². The molecule has 1 heterocycles. The molecule has 0 radical (unpaired) electrons. The van der Waals surface area contributed by atoms with Crippen LogP contribution in [0.2, 0.25) is 15.1 Å². The van der Waals surface area contributed by atoms with Crippen LogP contribution in [0.15, 0.2) is 65.3 Å². The second-order valence-electron chi connectivity index (χ2n) is 7.02. The van der Waals surface area contributed by atoms with Gasteiger partial charge in [0.2, 0.25) is 5.88 Å². The second-order valence-corrected chi connectivity index (χ2v) is 8.27. The maximum atomic E-state index is 13.2. The number of nitrogens with zero attached hydrogens (tertiary/aromatic N) is 1. The van der Waals surface area contributed by atoms with Crippen LogP contribution >= 0.6 is 34.8 Å². The van der Waals surface area contributed by atoms with Crippen LogP contribution in [0.3, 0.4) is 0 Å². The number of ketones is 1. The highest BCUT2D eigenvalue weighted by molar-refractivity contribution is 6.42. The quantitative estimate of drug-likeness (QED) is 0.628. The van der Waals surface area contributed by atoms with Crippen molar-refractivity contribution in [3.63, 3.8) is 0 Å². The number of nitriles is 1. The molecular weight excluding hydrogens is 431 g/mol. The predicted molar refractivity (Wildman–Crippen MR) is 113 cm³/mol. The monoisotopic (exact) mass is 444 g/mol. The highest BCUT2D eigenvalue weighted by Crippen LogP contribution is 2.47. The number of allylic oxidation sites excluding steroid dienone is 3. The molecule has 7 heteroatoms. The average molecular weight is 446 g/mol. The summed E-state index contributed by atoms with van der Waals surface area (Å²) >= 11 is 18.2. The van der Waals surface area contributed by atoms with Gasteiger partial charge in [0.15, 0.2) is 5.78 Å². The zero-order valence-electron chi connectivity index (χ0n) is 15.1. The standard InChI is InChI=1S/C22H15Cl3N2O2/c23-14-4-1-11(2-5-14)13-8-18(28)21-19(9-13)29-22(27)15(10-26)20(21)12-3-6-16(24)17(25)7-12/h1-7,13,20H,8-9,27H2/t13-,20-/m0/s1. The molecule has 0 spiro atoms. The van der Waals surface area contributed by atoms with Gasteiger partial charge in [-0.1, -0.05) is 53.0 Å². The number of carbonyl (C=O) groups is 1. The number of hydrogen-bond acceptors (Lipinski definition) is 4. The van der Waals surface area contributed by atoms with Crippen LogP contribution in [-0.2, 0) is 9.53 Å². The number of Topliss-reactive ketones (excluding diaryl/α,β-unsaturated/α-hetero) is 1. The normalized spacial score (nSPS) is 21.5. The highest BCUT2D eigenvalue weighted by atomic mass is 35.5. The molecule has 0 saturated heterocycles. The first-order chi connectivity index (χ1) is 13.9. The van der Waals surface area contributed by atoms with Crippen molar-refractivity contribution in [3.8, 4) is 6.07 Å². The smallest absolute Gasteiger partial charge is 0.205 e. The lowest BCUT2D eigenvalue weighted by atomic mass is 9.73. The maximum absolute atomic E-state index is 13.2. The third kappa shape index (κ3) is 3.62. The molecule has 0 bridgehead atoms. The molecule has 0 aromatic heterocycles. The van der Waals surface area contributed by atoms with Gasteiger partial charge in [-0.05, 0) is 41.3 Å². The Balaban J connectivity index is 1.79. The van der Waals surface area contributed by atoms with Crippen molar-refractivity contribution in [3.05, 3.63) is 91.4 Å². The largest absolute Gasteiger partial charge is 0.444 e. The Labute approximate surface area is 183 Å². The Hall–Kier alpha value is -2.45. The van der Waals surface area contributed by atoms with Crippen LogP contribution in [0.4, 0.5) is 0 Å². The predicted octanol–water partition coefficient (Wildman–Crippen LogP) is 5.86. The van der Waals surface area contributed by atoms with Gasteiger partial charge in [0, 0.05) is 23.4 Å². The van der Waals surface area contributed by atoms with Crippen molar-refractivity contribution >= 4 is 40.6 Å².